The van der Waals surface area contributed by atoms with Crippen LogP contribution in [0.1, 0.15) is 62.6 Å². The molecule has 0 fully saturated rings. The molecule has 9 nitrogen and oxygen atoms in total. The molecule has 0 saturated carbocycles. The van der Waals surface area contributed by atoms with Gasteiger partial charge in [0.1, 0.15) is 5.82 Å². The van der Waals surface area contributed by atoms with Crippen LogP contribution in [0.15, 0.2) is 109 Å². The molecule has 9 heteroatoms. The number of carbonyl (C=O) groups excluding carboxylic acids is 2. The molecule has 260 valence electrons. The highest BCUT2D eigenvalue weighted by atomic mass is 16.3. The predicted molar refractivity (Wildman–Crippen MR) is 196 cm³/mol. The zero-order valence-electron chi connectivity index (χ0n) is 29.0. The second-order valence-electron chi connectivity index (χ2n) is 12.9. The Kier molecular flexibility index (Phi) is 12.7. The fraction of sp³-hybridized carbons (Fsp3) is 0.293. The Hall–Kier alpha value is -5.09. The molecule has 1 unspecified atom stereocenters. The number of hydrogen-bond donors (Lipinski definition) is 5. The van der Waals surface area contributed by atoms with E-state index in [1.807, 2.05) is 92.7 Å². The third kappa shape index (κ3) is 10.2. The Bertz CT molecular complexity index is 1820. The van der Waals surface area contributed by atoms with E-state index in [1.54, 1.807) is 18.3 Å². The first-order valence-corrected chi connectivity index (χ1v) is 17.1. The van der Waals surface area contributed by atoms with Crippen LogP contribution in [-0.2, 0) is 30.6 Å². The van der Waals surface area contributed by atoms with Crippen LogP contribution >= 0.6 is 0 Å². The Labute approximate surface area is 294 Å². The van der Waals surface area contributed by atoms with Crippen molar-refractivity contribution in [1.82, 2.24) is 25.5 Å². The van der Waals surface area contributed by atoms with Crippen LogP contribution < -0.4 is 16.0 Å². The minimum absolute atomic E-state index is 0.0910. The van der Waals surface area contributed by atoms with Crippen molar-refractivity contribution in [3.05, 3.63) is 154 Å². The maximum Gasteiger partial charge on any atom is 0.251 e. The lowest BCUT2D eigenvalue weighted by Gasteiger charge is -2.18. The van der Waals surface area contributed by atoms with Crippen molar-refractivity contribution in [3.63, 3.8) is 0 Å². The van der Waals surface area contributed by atoms with E-state index in [9.17, 15) is 19.8 Å². The number of nitrogens with zero attached hydrogens (tertiary/aromatic N) is 2. The Morgan fingerprint density at radius 3 is 2.18 bits per heavy atom. The second-order valence-corrected chi connectivity index (χ2v) is 12.9. The summed E-state index contributed by atoms with van der Waals surface area (Å²) < 4.78 is 2.08. The molecule has 0 spiro atoms. The number of aliphatic hydroxyl groups is 2. The molecule has 0 aliphatic rings. The zero-order chi connectivity index (χ0) is 35.5. The number of aryl methyl sites for hydroxylation is 2. The van der Waals surface area contributed by atoms with Gasteiger partial charge in [-0.05, 0) is 86.2 Å². The van der Waals surface area contributed by atoms with E-state index in [1.165, 1.54) is 0 Å². The summed E-state index contributed by atoms with van der Waals surface area (Å²) in [6.45, 7) is 6.76. The predicted octanol–water partition coefficient (Wildman–Crippen LogP) is 4.94. The smallest absolute Gasteiger partial charge is 0.251 e. The summed E-state index contributed by atoms with van der Waals surface area (Å²) in [7, 11) is 0. The van der Waals surface area contributed by atoms with Gasteiger partial charge in [0.2, 0.25) is 5.91 Å². The van der Waals surface area contributed by atoms with Crippen LogP contribution in [0.3, 0.4) is 0 Å². The molecule has 50 heavy (non-hydrogen) atoms. The molecule has 2 aromatic heterocycles. The lowest BCUT2D eigenvalue weighted by molar-refractivity contribution is -0.120. The summed E-state index contributed by atoms with van der Waals surface area (Å²) in [6.07, 6.45) is 2.59. The van der Waals surface area contributed by atoms with E-state index in [0.717, 1.165) is 51.4 Å². The first kappa shape index (κ1) is 36.2. The molecule has 0 radical (unpaired) electrons. The SMILES string of the molecule is Cc1ccc(C)n1-c1ccc([C@@H](O)CNC(C)Cc2cccc(CC(=O)NCc3ccc(C(=O)N[C@@H](CO)Cc4ccccc4)cc3)c2)cn1. The van der Waals surface area contributed by atoms with Gasteiger partial charge in [-0.3, -0.25) is 9.59 Å². The Morgan fingerprint density at radius 1 is 0.800 bits per heavy atom. The summed E-state index contributed by atoms with van der Waals surface area (Å²) >= 11 is 0. The molecule has 0 saturated heterocycles. The summed E-state index contributed by atoms with van der Waals surface area (Å²) in [5.41, 5.74) is 7.43. The van der Waals surface area contributed by atoms with Gasteiger partial charge in [0.15, 0.2) is 0 Å². The minimum atomic E-state index is -0.683. The third-order valence-corrected chi connectivity index (χ3v) is 8.80. The number of rotatable bonds is 16. The van der Waals surface area contributed by atoms with Gasteiger partial charge in [0.25, 0.3) is 5.91 Å². The van der Waals surface area contributed by atoms with E-state index in [0.29, 0.717) is 25.1 Å². The van der Waals surface area contributed by atoms with Crippen molar-refractivity contribution in [2.45, 2.75) is 64.8 Å². The third-order valence-electron chi connectivity index (χ3n) is 8.80. The summed E-state index contributed by atoms with van der Waals surface area (Å²) in [6, 6.07) is 32.5. The summed E-state index contributed by atoms with van der Waals surface area (Å²) in [5.74, 6) is 0.489. The highest BCUT2D eigenvalue weighted by Gasteiger charge is 2.15. The van der Waals surface area contributed by atoms with Crippen molar-refractivity contribution in [2.24, 2.45) is 0 Å². The van der Waals surface area contributed by atoms with E-state index in [2.05, 4.69) is 44.6 Å². The lowest BCUT2D eigenvalue weighted by atomic mass is 10.0. The number of benzene rings is 3. The van der Waals surface area contributed by atoms with Crippen LogP contribution in [0, 0.1) is 13.8 Å². The van der Waals surface area contributed by atoms with E-state index < -0.39 is 6.10 Å². The average Bonchev–Trinajstić information content (AvgIpc) is 3.47. The average molecular weight is 674 g/mol. The fourth-order valence-corrected chi connectivity index (χ4v) is 6.03. The van der Waals surface area contributed by atoms with Gasteiger partial charge in [0, 0.05) is 47.8 Å². The summed E-state index contributed by atoms with van der Waals surface area (Å²) in [4.78, 5) is 30.1. The van der Waals surface area contributed by atoms with Crippen molar-refractivity contribution in [3.8, 4) is 5.82 Å². The van der Waals surface area contributed by atoms with Gasteiger partial charge in [-0.1, -0.05) is 72.8 Å². The lowest BCUT2D eigenvalue weighted by Crippen LogP contribution is -2.39. The van der Waals surface area contributed by atoms with Gasteiger partial charge >= 0.3 is 0 Å². The van der Waals surface area contributed by atoms with Gasteiger partial charge in [-0.2, -0.15) is 0 Å². The van der Waals surface area contributed by atoms with Crippen molar-refractivity contribution in [2.75, 3.05) is 13.2 Å². The van der Waals surface area contributed by atoms with Crippen LogP contribution in [-0.4, -0.2) is 56.8 Å². The molecule has 5 rings (SSSR count). The molecule has 3 aromatic carbocycles. The fourth-order valence-electron chi connectivity index (χ4n) is 6.03. The van der Waals surface area contributed by atoms with Gasteiger partial charge in [-0.25, -0.2) is 4.98 Å². The number of amides is 2. The highest BCUT2D eigenvalue weighted by molar-refractivity contribution is 5.94. The first-order valence-electron chi connectivity index (χ1n) is 17.1. The highest BCUT2D eigenvalue weighted by Crippen LogP contribution is 2.18. The van der Waals surface area contributed by atoms with E-state index >= 15 is 0 Å². The van der Waals surface area contributed by atoms with Gasteiger partial charge in [0.05, 0.1) is 25.2 Å². The van der Waals surface area contributed by atoms with Crippen LogP contribution in [0.5, 0.6) is 0 Å². The van der Waals surface area contributed by atoms with Crippen molar-refractivity contribution >= 4 is 11.8 Å². The van der Waals surface area contributed by atoms with Gasteiger partial charge in [-0.15, -0.1) is 0 Å². The van der Waals surface area contributed by atoms with Crippen LogP contribution in [0.4, 0.5) is 0 Å². The monoisotopic (exact) mass is 673 g/mol. The molecule has 0 aliphatic carbocycles. The largest absolute Gasteiger partial charge is 0.394 e. The molecular formula is C41H47N5O4. The quantitative estimate of drug-likeness (QED) is 0.101. The minimum Gasteiger partial charge on any atom is -0.394 e. The molecule has 2 amide bonds. The molecular weight excluding hydrogens is 626 g/mol. The molecule has 5 aromatic rings. The van der Waals surface area contributed by atoms with Crippen molar-refractivity contribution in [1.29, 1.82) is 0 Å². The molecule has 5 N–H and O–H groups in total. The molecule has 0 aliphatic heterocycles. The topological polar surface area (TPSA) is 129 Å². The standard InChI is InChI=1S/C41H47N5O4/c1-28(42-26-38(48)36-18-19-39(43-25-36)46-29(2)12-13-30(46)3)20-33-10-7-11-34(21-33)23-40(49)44-24-32-14-16-35(17-15-32)41(50)45-37(27-47)22-31-8-5-4-6-9-31/h4-19,21,25,28,37-38,42,47-48H,20,22-24,26-27H2,1-3H3,(H,44,49)(H,45,50)/t28?,37-,38+/m1/s1. The maximum atomic E-state index is 12.8. The number of aromatic nitrogens is 2. The normalized spacial score (nSPS) is 13.0. The first-order chi connectivity index (χ1) is 24.2. The summed E-state index contributed by atoms with van der Waals surface area (Å²) in [5, 5.41) is 29.8. The number of carbonyl (C=O) groups is 2. The number of aliphatic hydroxyl groups excluding tert-OH is 2. The Balaban J connectivity index is 1.04. The number of hydrogen-bond acceptors (Lipinski definition) is 6. The maximum absolute atomic E-state index is 12.8. The Morgan fingerprint density at radius 2 is 1.50 bits per heavy atom. The molecule has 3 atom stereocenters. The van der Waals surface area contributed by atoms with Gasteiger partial charge < -0.3 is 30.7 Å². The zero-order valence-corrected chi connectivity index (χ0v) is 29.0. The number of nitrogens with one attached hydrogen (secondary N) is 3. The second kappa shape index (κ2) is 17.5. The molecule has 2 heterocycles. The number of pyridine rings is 1. The van der Waals surface area contributed by atoms with Crippen molar-refractivity contribution < 1.29 is 19.8 Å². The van der Waals surface area contributed by atoms with E-state index in [-0.39, 0.29) is 36.9 Å². The van der Waals surface area contributed by atoms with E-state index in [4.69, 9.17) is 0 Å². The molecule has 0 bridgehead atoms. The van der Waals surface area contributed by atoms with Crippen LogP contribution in [0.25, 0.3) is 5.82 Å². The van der Waals surface area contributed by atoms with Crippen LogP contribution in [0.2, 0.25) is 0 Å².